The van der Waals surface area contributed by atoms with Gasteiger partial charge in [0.05, 0.1) is 0 Å². The summed E-state index contributed by atoms with van der Waals surface area (Å²) in [7, 11) is 0. The Kier molecular flexibility index (Phi) is 3.96. The molecule has 1 saturated carbocycles. The second-order valence-corrected chi connectivity index (χ2v) is 6.15. The molecule has 21 heavy (non-hydrogen) atoms. The van der Waals surface area contributed by atoms with E-state index in [2.05, 4.69) is 21.7 Å². The summed E-state index contributed by atoms with van der Waals surface area (Å²) in [6.07, 6.45) is 2.47. The molecular formula is C15H18N4OS. The molecule has 1 aromatic heterocycles. The minimum atomic E-state index is -0.394. The van der Waals surface area contributed by atoms with Crippen molar-refractivity contribution in [2.24, 2.45) is 5.73 Å². The van der Waals surface area contributed by atoms with Gasteiger partial charge in [0.25, 0.3) is 0 Å². The number of carbonyl (C=O) groups is 1. The lowest BCUT2D eigenvalue weighted by atomic mass is 10.1. The van der Waals surface area contributed by atoms with Crippen LogP contribution in [0.1, 0.15) is 47.4 Å². The van der Waals surface area contributed by atoms with Gasteiger partial charge in [-0.1, -0.05) is 23.9 Å². The van der Waals surface area contributed by atoms with Crippen molar-refractivity contribution in [3.05, 3.63) is 41.2 Å². The van der Waals surface area contributed by atoms with E-state index in [9.17, 15) is 4.79 Å². The molecule has 0 bridgehead atoms. The number of rotatable bonds is 6. The van der Waals surface area contributed by atoms with Crippen molar-refractivity contribution in [1.29, 1.82) is 0 Å². The Morgan fingerprint density at radius 3 is 2.62 bits per heavy atom. The Morgan fingerprint density at radius 2 is 2.05 bits per heavy atom. The zero-order valence-corrected chi connectivity index (χ0v) is 12.8. The smallest absolute Gasteiger partial charge is 0.248 e. The maximum atomic E-state index is 11.0. The zero-order chi connectivity index (χ0) is 14.8. The summed E-state index contributed by atoms with van der Waals surface area (Å²) in [5, 5.41) is 9.61. The Balaban J connectivity index is 1.68. The Hall–Kier alpha value is -1.82. The molecule has 1 amide bonds. The van der Waals surface area contributed by atoms with Crippen molar-refractivity contribution < 1.29 is 4.79 Å². The number of thioether (sulfide) groups is 1. The third-order valence-electron chi connectivity index (χ3n) is 3.61. The summed E-state index contributed by atoms with van der Waals surface area (Å²) >= 11 is 1.68. The van der Waals surface area contributed by atoms with E-state index >= 15 is 0 Å². The van der Waals surface area contributed by atoms with Crippen LogP contribution in [-0.4, -0.2) is 20.7 Å². The Labute approximate surface area is 127 Å². The van der Waals surface area contributed by atoms with E-state index in [4.69, 9.17) is 5.73 Å². The van der Waals surface area contributed by atoms with E-state index in [1.165, 1.54) is 12.8 Å². The number of benzene rings is 1. The second-order valence-electron chi connectivity index (χ2n) is 5.21. The van der Waals surface area contributed by atoms with Gasteiger partial charge in [0, 0.05) is 23.8 Å². The third kappa shape index (κ3) is 3.10. The molecule has 6 heteroatoms. The number of nitrogens with zero attached hydrogens (tertiary/aromatic N) is 3. The third-order valence-corrected chi connectivity index (χ3v) is 4.65. The lowest BCUT2D eigenvalue weighted by molar-refractivity contribution is 0.100. The maximum Gasteiger partial charge on any atom is 0.248 e. The van der Waals surface area contributed by atoms with Crippen molar-refractivity contribution in [3.63, 3.8) is 0 Å². The van der Waals surface area contributed by atoms with Crippen LogP contribution in [0, 0.1) is 0 Å². The van der Waals surface area contributed by atoms with Gasteiger partial charge in [-0.15, -0.1) is 10.2 Å². The van der Waals surface area contributed by atoms with E-state index < -0.39 is 5.91 Å². The van der Waals surface area contributed by atoms with Gasteiger partial charge < -0.3 is 10.3 Å². The molecule has 5 nitrogen and oxygen atoms in total. The van der Waals surface area contributed by atoms with E-state index in [1.807, 2.05) is 12.1 Å². The molecule has 0 atom stereocenters. The van der Waals surface area contributed by atoms with Crippen molar-refractivity contribution in [2.45, 2.75) is 43.1 Å². The fourth-order valence-electron chi connectivity index (χ4n) is 2.26. The van der Waals surface area contributed by atoms with Gasteiger partial charge in [0.1, 0.15) is 5.82 Å². The van der Waals surface area contributed by atoms with Gasteiger partial charge in [-0.3, -0.25) is 4.79 Å². The molecule has 1 aromatic carbocycles. The summed E-state index contributed by atoms with van der Waals surface area (Å²) in [6, 6.07) is 7.39. The molecule has 0 spiro atoms. The number of primary amides is 1. The molecule has 3 rings (SSSR count). The van der Waals surface area contributed by atoms with Crippen LogP contribution in [0.25, 0.3) is 0 Å². The molecule has 1 aliphatic carbocycles. The standard InChI is InChI=1S/C15H18N4OS/c1-2-19-14(12-7-8-12)17-18-15(19)21-9-10-3-5-11(6-4-10)13(16)20/h3-6,12H,2,7-9H2,1H3,(H2,16,20). The highest BCUT2D eigenvalue weighted by Gasteiger charge is 2.29. The van der Waals surface area contributed by atoms with E-state index in [-0.39, 0.29) is 0 Å². The number of aromatic nitrogens is 3. The van der Waals surface area contributed by atoms with Crippen LogP contribution in [0.5, 0.6) is 0 Å². The summed E-state index contributed by atoms with van der Waals surface area (Å²) < 4.78 is 2.21. The molecule has 0 radical (unpaired) electrons. The first kappa shape index (κ1) is 14.1. The van der Waals surface area contributed by atoms with E-state index in [0.29, 0.717) is 11.5 Å². The zero-order valence-electron chi connectivity index (χ0n) is 12.0. The Bertz CT molecular complexity index is 646. The highest BCUT2D eigenvalue weighted by Crippen LogP contribution is 2.40. The molecule has 0 saturated heterocycles. The van der Waals surface area contributed by atoms with Crippen LogP contribution < -0.4 is 5.73 Å². The SMILES string of the molecule is CCn1c(SCc2ccc(C(N)=O)cc2)nnc1C1CC1. The van der Waals surface area contributed by atoms with Crippen LogP contribution in [0.4, 0.5) is 0 Å². The molecule has 2 N–H and O–H groups in total. The molecule has 1 aliphatic rings. The number of carbonyl (C=O) groups excluding carboxylic acids is 1. The number of hydrogen-bond acceptors (Lipinski definition) is 4. The predicted octanol–water partition coefficient (Wildman–Crippen LogP) is 2.57. The van der Waals surface area contributed by atoms with Crippen LogP contribution in [0.15, 0.2) is 29.4 Å². The van der Waals surface area contributed by atoms with E-state index in [1.54, 1.807) is 23.9 Å². The topological polar surface area (TPSA) is 73.8 Å². The lowest BCUT2D eigenvalue weighted by Gasteiger charge is -2.06. The minimum Gasteiger partial charge on any atom is -0.366 e. The number of hydrogen-bond donors (Lipinski definition) is 1. The normalized spacial score (nSPS) is 14.3. The van der Waals surface area contributed by atoms with Crippen molar-refractivity contribution in [1.82, 2.24) is 14.8 Å². The predicted molar refractivity (Wildman–Crippen MR) is 82.2 cm³/mol. The van der Waals surface area contributed by atoms with Crippen LogP contribution in [0.2, 0.25) is 0 Å². The molecule has 1 fully saturated rings. The van der Waals surface area contributed by atoms with Gasteiger partial charge in [0.15, 0.2) is 5.16 Å². The molecular weight excluding hydrogens is 284 g/mol. The fourth-order valence-corrected chi connectivity index (χ4v) is 3.23. The van der Waals surface area contributed by atoms with Crippen LogP contribution in [0.3, 0.4) is 0 Å². The van der Waals surface area contributed by atoms with Crippen molar-refractivity contribution in [3.8, 4) is 0 Å². The summed E-state index contributed by atoms with van der Waals surface area (Å²) in [6.45, 7) is 3.03. The van der Waals surface area contributed by atoms with Gasteiger partial charge in [-0.25, -0.2) is 0 Å². The first-order valence-electron chi connectivity index (χ1n) is 7.13. The molecule has 110 valence electrons. The number of nitrogens with two attached hydrogens (primary N) is 1. The van der Waals surface area contributed by atoms with Gasteiger partial charge >= 0.3 is 0 Å². The van der Waals surface area contributed by atoms with Gasteiger partial charge in [-0.05, 0) is 37.5 Å². The quantitative estimate of drug-likeness (QED) is 0.832. The first-order chi connectivity index (χ1) is 10.2. The maximum absolute atomic E-state index is 11.0. The van der Waals surface area contributed by atoms with Crippen molar-refractivity contribution >= 4 is 17.7 Å². The highest BCUT2D eigenvalue weighted by molar-refractivity contribution is 7.98. The minimum absolute atomic E-state index is 0.394. The first-order valence-corrected chi connectivity index (χ1v) is 8.12. The molecule has 0 aliphatic heterocycles. The van der Waals surface area contributed by atoms with Gasteiger partial charge in [-0.2, -0.15) is 0 Å². The van der Waals surface area contributed by atoms with Crippen LogP contribution in [-0.2, 0) is 12.3 Å². The fraction of sp³-hybridized carbons (Fsp3) is 0.400. The molecule has 0 unspecified atom stereocenters. The van der Waals surface area contributed by atoms with E-state index in [0.717, 1.165) is 28.8 Å². The Morgan fingerprint density at radius 1 is 1.33 bits per heavy atom. The molecule has 1 heterocycles. The highest BCUT2D eigenvalue weighted by atomic mass is 32.2. The monoisotopic (exact) mass is 302 g/mol. The van der Waals surface area contributed by atoms with Crippen LogP contribution >= 0.6 is 11.8 Å². The lowest BCUT2D eigenvalue weighted by Crippen LogP contribution is -2.10. The van der Waals surface area contributed by atoms with Gasteiger partial charge in [0.2, 0.25) is 5.91 Å². The number of amides is 1. The average Bonchev–Trinajstić information content (AvgIpc) is 3.25. The largest absolute Gasteiger partial charge is 0.366 e. The summed E-state index contributed by atoms with van der Waals surface area (Å²) in [5.41, 5.74) is 6.92. The summed E-state index contributed by atoms with van der Waals surface area (Å²) in [4.78, 5) is 11.0. The average molecular weight is 302 g/mol. The summed E-state index contributed by atoms with van der Waals surface area (Å²) in [5.74, 6) is 2.15. The second kappa shape index (κ2) is 5.89. The molecule has 2 aromatic rings. The van der Waals surface area contributed by atoms with Crippen molar-refractivity contribution in [2.75, 3.05) is 0 Å².